The number of aryl methyl sites for hydroxylation is 1. The van der Waals surface area contributed by atoms with Crippen LogP contribution in [0.1, 0.15) is 30.8 Å². The lowest BCUT2D eigenvalue weighted by Gasteiger charge is -2.18. The van der Waals surface area contributed by atoms with Gasteiger partial charge in [0.15, 0.2) is 0 Å². The maximum Gasteiger partial charge on any atom is 0.0931 e. The van der Waals surface area contributed by atoms with E-state index in [-0.39, 0.29) is 6.04 Å². The molecule has 0 aliphatic rings. The van der Waals surface area contributed by atoms with Gasteiger partial charge in [-0.2, -0.15) is 5.10 Å². The van der Waals surface area contributed by atoms with E-state index in [1.54, 1.807) is 0 Å². The van der Waals surface area contributed by atoms with Crippen LogP contribution < -0.4 is 5.32 Å². The fourth-order valence-electron chi connectivity index (χ4n) is 2.05. The smallest absolute Gasteiger partial charge is 0.0931 e. The molecule has 2 rings (SSSR count). The lowest BCUT2D eigenvalue weighted by atomic mass is 10.1. The van der Waals surface area contributed by atoms with E-state index in [2.05, 4.69) is 54.2 Å². The monoisotopic (exact) mass is 386 g/mol. The highest BCUT2D eigenvalue weighted by molar-refractivity contribution is 9.11. The summed E-state index contributed by atoms with van der Waals surface area (Å²) in [5.41, 5.74) is 2.09. The molecule has 1 N–H and O–H groups in total. The summed E-state index contributed by atoms with van der Waals surface area (Å²) < 4.78 is 3.96. The Morgan fingerprint density at radius 3 is 2.84 bits per heavy atom. The van der Waals surface area contributed by atoms with Crippen LogP contribution in [-0.4, -0.2) is 21.8 Å². The molecular weight excluding hydrogens is 372 g/mol. The Morgan fingerprint density at radius 1 is 1.42 bits per heavy atom. The predicted octanol–water partition coefficient (Wildman–Crippen LogP) is 3.52. The quantitative estimate of drug-likeness (QED) is 0.853. The van der Waals surface area contributed by atoms with E-state index in [1.807, 2.05) is 36.3 Å². The van der Waals surface area contributed by atoms with Gasteiger partial charge in [-0.1, -0.05) is 6.92 Å². The minimum absolute atomic E-state index is 0.0246. The first kappa shape index (κ1) is 14.7. The predicted molar refractivity (Wildman–Crippen MR) is 83.1 cm³/mol. The molecule has 1 unspecified atom stereocenters. The van der Waals surface area contributed by atoms with E-state index in [1.165, 1.54) is 0 Å². The van der Waals surface area contributed by atoms with Gasteiger partial charge in [0.05, 0.1) is 17.4 Å². The van der Waals surface area contributed by atoms with Crippen molar-refractivity contribution in [1.82, 2.24) is 20.1 Å². The van der Waals surface area contributed by atoms with Crippen LogP contribution in [0.25, 0.3) is 0 Å². The highest BCUT2D eigenvalue weighted by atomic mass is 79.9. The lowest BCUT2D eigenvalue weighted by molar-refractivity contribution is 0.528. The van der Waals surface area contributed by atoms with Gasteiger partial charge in [0, 0.05) is 27.9 Å². The molecule has 0 saturated carbocycles. The maximum absolute atomic E-state index is 4.51. The van der Waals surface area contributed by atoms with Gasteiger partial charge in [-0.15, -0.1) is 0 Å². The molecule has 2 heterocycles. The zero-order chi connectivity index (χ0) is 13.8. The normalized spacial score (nSPS) is 12.6. The van der Waals surface area contributed by atoms with Gasteiger partial charge in [-0.25, -0.2) is 0 Å². The van der Waals surface area contributed by atoms with Crippen molar-refractivity contribution in [3.63, 3.8) is 0 Å². The van der Waals surface area contributed by atoms with Crippen LogP contribution in [0.2, 0.25) is 0 Å². The average Bonchev–Trinajstić information content (AvgIpc) is 2.82. The Bertz CT molecular complexity index is 553. The van der Waals surface area contributed by atoms with Gasteiger partial charge in [0.2, 0.25) is 0 Å². The third-order valence-electron chi connectivity index (χ3n) is 2.88. The van der Waals surface area contributed by atoms with Crippen LogP contribution in [0, 0.1) is 0 Å². The second-order valence-electron chi connectivity index (χ2n) is 4.22. The Morgan fingerprint density at radius 2 is 2.21 bits per heavy atom. The third kappa shape index (κ3) is 3.24. The number of halogens is 2. The van der Waals surface area contributed by atoms with E-state index in [0.717, 1.165) is 33.3 Å². The molecule has 0 aliphatic carbocycles. The molecule has 0 aromatic carbocycles. The van der Waals surface area contributed by atoms with E-state index in [9.17, 15) is 0 Å². The Balaban J connectivity index is 2.41. The van der Waals surface area contributed by atoms with Crippen LogP contribution in [0.15, 0.2) is 33.5 Å². The number of hydrogen-bond acceptors (Lipinski definition) is 3. The molecule has 1 atom stereocenters. The number of nitrogens with zero attached hydrogens (tertiary/aromatic N) is 3. The van der Waals surface area contributed by atoms with Crippen LogP contribution in [0.5, 0.6) is 0 Å². The Labute approximate surface area is 129 Å². The van der Waals surface area contributed by atoms with Crippen LogP contribution >= 0.6 is 31.9 Å². The summed E-state index contributed by atoms with van der Waals surface area (Å²) in [7, 11) is 1.93. The van der Waals surface area contributed by atoms with Gasteiger partial charge >= 0.3 is 0 Å². The number of aromatic nitrogens is 3. The summed E-state index contributed by atoms with van der Waals surface area (Å²) in [5.74, 6) is 0. The van der Waals surface area contributed by atoms with E-state index in [0.29, 0.717) is 0 Å². The van der Waals surface area contributed by atoms with Crippen molar-refractivity contribution < 1.29 is 0 Å². The Kier molecular flexibility index (Phi) is 5.13. The standard InChI is InChI=1S/C13H16Br2N4/c1-3-6-19-11(4-5-18-19)13(16-2)12-10(15)7-9(14)8-17-12/h4-5,7-8,13,16H,3,6H2,1-2H3. The number of hydrogen-bond donors (Lipinski definition) is 1. The van der Waals surface area contributed by atoms with Crippen molar-refractivity contribution in [1.29, 1.82) is 0 Å². The molecule has 19 heavy (non-hydrogen) atoms. The minimum atomic E-state index is 0.0246. The molecule has 102 valence electrons. The van der Waals surface area contributed by atoms with Crippen molar-refractivity contribution in [2.24, 2.45) is 0 Å². The maximum atomic E-state index is 4.51. The topological polar surface area (TPSA) is 42.7 Å². The van der Waals surface area contributed by atoms with E-state index < -0.39 is 0 Å². The molecule has 0 fully saturated rings. The number of nitrogens with one attached hydrogen (secondary N) is 1. The van der Waals surface area contributed by atoms with Gasteiger partial charge in [0.25, 0.3) is 0 Å². The molecule has 0 saturated heterocycles. The third-order valence-corrected chi connectivity index (χ3v) is 3.95. The fraction of sp³-hybridized carbons (Fsp3) is 0.385. The van der Waals surface area contributed by atoms with Crippen LogP contribution in [0.4, 0.5) is 0 Å². The molecule has 6 heteroatoms. The van der Waals surface area contributed by atoms with Crippen molar-refractivity contribution in [2.75, 3.05) is 7.05 Å². The molecule has 0 bridgehead atoms. The van der Waals surface area contributed by atoms with Gasteiger partial charge in [-0.05, 0) is 57.5 Å². The summed E-state index contributed by atoms with van der Waals surface area (Å²) in [4.78, 5) is 4.51. The largest absolute Gasteiger partial charge is 0.307 e. The molecule has 2 aromatic heterocycles. The van der Waals surface area contributed by atoms with Crippen molar-refractivity contribution in [3.05, 3.63) is 44.9 Å². The molecule has 0 aliphatic heterocycles. The van der Waals surface area contributed by atoms with Crippen molar-refractivity contribution in [2.45, 2.75) is 25.9 Å². The summed E-state index contributed by atoms with van der Waals surface area (Å²) in [5, 5.41) is 7.68. The van der Waals surface area contributed by atoms with Crippen LogP contribution in [0.3, 0.4) is 0 Å². The first-order valence-electron chi connectivity index (χ1n) is 6.17. The highest BCUT2D eigenvalue weighted by Gasteiger charge is 2.20. The molecule has 0 radical (unpaired) electrons. The first-order valence-corrected chi connectivity index (χ1v) is 7.75. The summed E-state index contributed by atoms with van der Waals surface area (Å²) >= 11 is 7.00. The molecule has 4 nitrogen and oxygen atoms in total. The fourth-order valence-corrected chi connectivity index (χ4v) is 3.27. The van der Waals surface area contributed by atoms with Gasteiger partial charge < -0.3 is 5.32 Å². The summed E-state index contributed by atoms with van der Waals surface area (Å²) in [6, 6.07) is 4.07. The first-order chi connectivity index (χ1) is 9.17. The van der Waals surface area contributed by atoms with Gasteiger partial charge in [0.1, 0.15) is 0 Å². The van der Waals surface area contributed by atoms with Crippen LogP contribution in [-0.2, 0) is 6.54 Å². The number of rotatable bonds is 5. The van der Waals surface area contributed by atoms with Gasteiger partial charge in [-0.3, -0.25) is 9.67 Å². The average molecular weight is 388 g/mol. The second kappa shape index (κ2) is 6.63. The SMILES string of the molecule is CCCn1nccc1C(NC)c1ncc(Br)cc1Br. The highest BCUT2D eigenvalue weighted by Crippen LogP contribution is 2.28. The molecule has 2 aromatic rings. The minimum Gasteiger partial charge on any atom is -0.307 e. The lowest BCUT2D eigenvalue weighted by Crippen LogP contribution is -2.23. The second-order valence-corrected chi connectivity index (χ2v) is 5.99. The van der Waals surface area contributed by atoms with Crippen molar-refractivity contribution >= 4 is 31.9 Å². The summed E-state index contributed by atoms with van der Waals surface area (Å²) in [6.45, 7) is 3.06. The number of pyridine rings is 1. The van der Waals surface area contributed by atoms with E-state index in [4.69, 9.17) is 0 Å². The summed E-state index contributed by atoms with van der Waals surface area (Å²) in [6.07, 6.45) is 4.70. The van der Waals surface area contributed by atoms with E-state index >= 15 is 0 Å². The molecule has 0 spiro atoms. The molecule has 0 amide bonds. The Hall–Kier alpha value is -0.720. The van der Waals surface area contributed by atoms with Crippen molar-refractivity contribution in [3.8, 4) is 0 Å². The zero-order valence-electron chi connectivity index (χ0n) is 10.9. The molecular formula is C13H16Br2N4. The zero-order valence-corrected chi connectivity index (χ0v) is 14.1.